The van der Waals surface area contributed by atoms with Crippen molar-refractivity contribution in [1.82, 2.24) is 24.4 Å². The standard InChI is InChI=1S/C22H30N6O2S/c1-27-10-8-22(9-11-27)13-28(14-22)31(29,30)21-24-20(25-26-21)23-19-17-6-2-4-15(17)12-16-5-3-7-18(16)19/h12H,2-11,13-14H2,1H3,(H2,23,24,25,26). The van der Waals surface area contributed by atoms with Crippen LogP contribution in [0, 0.1) is 5.41 Å². The predicted octanol–water partition coefficient (Wildman–Crippen LogP) is 2.24. The lowest BCUT2D eigenvalue weighted by atomic mass is 9.73. The average molecular weight is 443 g/mol. The Balaban J connectivity index is 1.22. The lowest BCUT2D eigenvalue weighted by Crippen LogP contribution is -2.61. The summed E-state index contributed by atoms with van der Waals surface area (Å²) in [4.78, 5) is 6.67. The zero-order valence-electron chi connectivity index (χ0n) is 18.1. The lowest BCUT2D eigenvalue weighted by Gasteiger charge is -2.52. The highest BCUT2D eigenvalue weighted by atomic mass is 32.2. The quantitative estimate of drug-likeness (QED) is 0.754. The first-order valence-electron chi connectivity index (χ1n) is 11.5. The van der Waals surface area contributed by atoms with E-state index in [1.54, 1.807) is 4.31 Å². The van der Waals surface area contributed by atoms with Gasteiger partial charge in [0, 0.05) is 24.2 Å². The van der Waals surface area contributed by atoms with E-state index in [0.717, 1.165) is 57.3 Å². The van der Waals surface area contributed by atoms with Gasteiger partial charge in [0.15, 0.2) is 0 Å². The van der Waals surface area contributed by atoms with E-state index < -0.39 is 10.0 Å². The first-order valence-corrected chi connectivity index (χ1v) is 12.9. The molecule has 31 heavy (non-hydrogen) atoms. The lowest BCUT2D eigenvalue weighted by molar-refractivity contribution is 0.00725. The largest absolute Gasteiger partial charge is 0.322 e. The maximum atomic E-state index is 13.1. The van der Waals surface area contributed by atoms with Gasteiger partial charge < -0.3 is 10.2 Å². The highest BCUT2D eigenvalue weighted by molar-refractivity contribution is 7.89. The van der Waals surface area contributed by atoms with Gasteiger partial charge in [-0.1, -0.05) is 6.07 Å². The summed E-state index contributed by atoms with van der Waals surface area (Å²) in [5.74, 6) is 0.350. The molecule has 0 bridgehead atoms. The van der Waals surface area contributed by atoms with E-state index in [0.29, 0.717) is 19.0 Å². The molecule has 0 atom stereocenters. The molecule has 3 heterocycles. The van der Waals surface area contributed by atoms with Crippen molar-refractivity contribution < 1.29 is 8.42 Å². The fourth-order valence-electron chi connectivity index (χ4n) is 5.90. The Hall–Kier alpha value is -1.97. The summed E-state index contributed by atoms with van der Waals surface area (Å²) in [6.45, 7) is 3.25. The van der Waals surface area contributed by atoms with Crippen LogP contribution in [0.1, 0.15) is 47.9 Å². The number of fused-ring (bicyclic) bond motifs is 2. The Morgan fingerprint density at radius 3 is 2.32 bits per heavy atom. The number of H-pyrrole nitrogens is 1. The molecule has 0 saturated carbocycles. The summed E-state index contributed by atoms with van der Waals surface area (Å²) in [5, 5.41) is 10.2. The number of piperidine rings is 1. The molecule has 2 aliphatic heterocycles. The zero-order valence-corrected chi connectivity index (χ0v) is 18.9. The van der Waals surface area contributed by atoms with Gasteiger partial charge in [-0.25, -0.2) is 13.5 Å². The van der Waals surface area contributed by atoms with E-state index in [9.17, 15) is 8.42 Å². The first-order chi connectivity index (χ1) is 14.9. The number of nitrogens with zero attached hydrogens (tertiary/aromatic N) is 4. The van der Waals surface area contributed by atoms with E-state index >= 15 is 0 Å². The second kappa shape index (κ2) is 7.02. The summed E-state index contributed by atoms with van der Waals surface area (Å²) < 4.78 is 27.8. The van der Waals surface area contributed by atoms with Crippen molar-refractivity contribution in [3.63, 3.8) is 0 Å². The molecule has 1 spiro atoms. The normalized spacial score (nSPS) is 23.0. The number of rotatable bonds is 4. The molecule has 1 aromatic heterocycles. The van der Waals surface area contributed by atoms with Crippen molar-refractivity contribution in [2.45, 2.75) is 56.5 Å². The van der Waals surface area contributed by atoms with Crippen LogP contribution in [-0.2, 0) is 35.7 Å². The third-order valence-corrected chi connectivity index (χ3v) is 9.44. The Morgan fingerprint density at radius 1 is 1.03 bits per heavy atom. The molecule has 4 aliphatic rings. The molecule has 1 aromatic carbocycles. The second-order valence-electron chi connectivity index (χ2n) is 9.90. The minimum absolute atomic E-state index is 0.0537. The van der Waals surface area contributed by atoms with Crippen LogP contribution < -0.4 is 5.32 Å². The SMILES string of the molecule is CN1CCC2(CC1)CN(S(=O)(=O)c1nc(Nc3c4c(cc5c3CCC5)CCC4)n[nH]1)C2. The van der Waals surface area contributed by atoms with Crippen LogP contribution >= 0.6 is 0 Å². The molecule has 2 saturated heterocycles. The Kier molecular flexibility index (Phi) is 4.46. The van der Waals surface area contributed by atoms with Gasteiger partial charge in [-0.05, 0) is 93.8 Å². The number of hydrogen-bond donors (Lipinski definition) is 2. The number of benzene rings is 1. The van der Waals surface area contributed by atoms with Crippen LogP contribution in [0.3, 0.4) is 0 Å². The number of aromatic amines is 1. The van der Waals surface area contributed by atoms with Gasteiger partial charge in [0.1, 0.15) is 0 Å². The van der Waals surface area contributed by atoms with Gasteiger partial charge in [0.25, 0.3) is 15.2 Å². The molecular weight excluding hydrogens is 412 g/mol. The molecule has 2 fully saturated rings. The molecule has 0 amide bonds. The number of sulfonamides is 1. The maximum Gasteiger partial charge on any atom is 0.278 e. The molecule has 8 nitrogen and oxygen atoms in total. The van der Waals surface area contributed by atoms with Crippen molar-refractivity contribution in [3.05, 3.63) is 28.3 Å². The van der Waals surface area contributed by atoms with Crippen molar-refractivity contribution in [1.29, 1.82) is 0 Å². The molecule has 2 aromatic rings. The smallest absolute Gasteiger partial charge is 0.278 e. The average Bonchev–Trinajstić information content (AvgIpc) is 3.47. The number of likely N-dealkylation sites (tertiary alicyclic amines) is 1. The molecule has 0 radical (unpaired) electrons. The van der Waals surface area contributed by atoms with Gasteiger partial charge in [-0.15, -0.1) is 5.10 Å². The number of hydrogen-bond acceptors (Lipinski definition) is 6. The monoisotopic (exact) mass is 442 g/mol. The number of aryl methyl sites for hydroxylation is 2. The van der Waals surface area contributed by atoms with Gasteiger partial charge in [0.05, 0.1) is 0 Å². The van der Waals surface area contributed by atoms with Crippen LogP contribution in [0.15, 0.2) is 11.2 Å². The van der Waals surface area contributed by atoms with Crippen molar-refractivity contribution in [2.75, 3.05) is 38.5 Å². The summed E-state index contributed by atoms with van der Waals surface area (Å²) in [5.41, 5.74) is 6.85. The third-order valence-electron chi connectivity index (χ3n) is 7.83. The van der Waals surface area contributed by atoms with Crippen LogP contribution in [0.2, 0.25) is 0 Å². The van der Waals surface area contributed by atoms with E-state index in [2.05, 4.69) is 38.5 Å². The summed E-state index contributed by atoms with van der Waals surface area (Å²) in [6.07, 6.45) is 8.83. The van der Waals surface area contributed by atoms with Crippen molar-refractivity contribution in [2.24, 2.45) is 5.41 Å². The van der Waals surface area contributed by atoms with Crippen LogP contribution in [0.5, 0.6) is 0 Å². The first kappa shape index (κ1) is 19.7. The van der Waals surface area contributed by atoms with Gasteiger partial charge in [0.2, 0.25) is 5.95 Å². The zero-order chi connectivity index (χ0) is 21.2. The third kappa shape index (κ3) is 3.20. The molecular formula is C22H30N6O2S. The van der Waals surface area contributed by atoms with Gasteiger partial charge in [-0.2, -0.15) is 9.29 Å². The van der Waals surface area contributed by atoms with Gasteiger partial charge >= 0.3 is 0 Å². The number of anilines is 2. The Bertz CT molecular complexity index is 1090. The molecule has 9 heteroatoms. The van der Waals surface area contributed by atoms with Crippen LogP contribution in [-0.4, -0.2) is 66.0 Å². The van der Waals surface area contributed by atoms with Crippen LogP contribution in [0.4, 0.5) is 11.6 Å². The predicted molar refractivity (Wildman–Crippen MR) is 118 cm³/mol. The molecule has 2 N–H and O–H groups in total. The fraction of sp³-hybridized carbons (Fsp3) is 0.636. The Labute approximate surface area is 183 Å². The van der Waals surface area contributed by atoms with E-state index in [-0.39, 0.29) is 10.6 Å². The Morgan fingerprint density at radius 2 is 1.68 bits per heavy atom. The minimum Gasteiger partial charge on any atom is -0.322 e. The van der Waals surface area contributed by atoms with E-state index in [1.807, 2.05) is 0 Å². The topological polar surface area (TPSA) is 94.2 Å². The van der Waals surface area contributed by atoms with E-state index in [1.165, 1.54) is 35.1 Å². The summed E-state index contributed by atoms with van der Waals surface area (Å²) in [7, 11) is -1.51. The number of aromatic nitrogens is 3. The highest BCUT2D eigenvalue weighted by Crippen LogP contribution is 2.43. The summed E-state index contributed by atoms with van der Waals surface area (Å²) >= 11 is 0. The fourth-order valence-corrected chi connectivity index (χ4v) is 7.40. The molecule has 6 rings (SSSR count). The molecule has 0 unspecified atom stereocenters. The van der Waals surface area contributed by atoms with Crippen molar-refractivity contribution in [3.8, 4) is 0 Å². The molecule has 166 valence electrons. The van der Waals surface area contributed by atoms with E-state index in [4.69, 9.17) is 0 Å². The van der Waals surface area contributed by atoms with Crippen molar-refractivity contribution >= 4 is 21.7 Å². The minimum atomic E-state index is -3.64. The second-order valence-corrected chi connectivity index (χ2v) is 11.8. The van der Waals surface area contributed by atoms with Gasteiger partial charge in [-0.3, -0.25) is 0 Å². The molecule has 2 aliphatic carbocycles. The summed E-state index contributed by atoms with van der Waals surface area (Å²) in [6, 6.07) is 2.38. The maximum absolute atomic E-state index is 13.1. The van der Waals surface area contributed by atoms with Crippen LogP contribution in [0.25, 0.3) is 0 Å². The number of nitrogens with one attached hydrogen (secondary N) is 2. The highest BCUT2D eigenvalue weighted by Gasteiger charge is 2.50.